The Balaban J connectivity index is 1.93. The third kappa shape index (κ3) is 3.50. The largest absolute Gasteiger partial charge is 0.330 e. The van der Waals surface area contributed by atoms with E-state index >= 15 is 0 Å². The molecule has 3 heterocycles. The quantitative estimate of drug-likeness (QED) is 0.664. The van der Waals surface area contributed by atoms with Gasteiger partial charge in [0, 0.05) is 45.5 Å². The van der Waals surface area contributed by atoms with Crippen molar-refractivity contribution in [3.05, 3.63) is 57.1 Å². The van der Waals surface area contributed by atoms with Crippen LogP contribution in [0.1, 0.15) is 23.3 Å². The lowest BCUT2D eigenvalue weighted by molar-refractivity contribution is 0.0867. The van der Waals surface area contributed by atoms with Gasteiger partial charge in [-0.15, -0.1) is 0 Å². The van der Waals surface area contributed by atoms with E-state index in [1.54, 1.807) is 18.2 Å². The molecule has 10 heteroatoms. The van der Waals surface area contributed by atoms with Crippen molar-refractivity contribution in [3.63, 3.8) is 0 Å². The molecule has 1 aliphatic heterocycles. The first kappa shape index (κ1) is 19.2. The van der Waals surface area contributed by atoms with Crippen LogP contribution in [0.3, 0.4) is 0 Å². The van der Waals surface area contributed by atoms with Crippen LogP contribution in [0, 0.1) is 5.92 Å². The van der Waals surface area contributed by atoms with E-state index in [0.717, 1.165) is 19.6 Å². The molecular formula is C17H20N4O5S. The third-order valence-electron chi connectivity index (χ3n) is 4.71. The fourth-order valence-corrected chi connectivity index (χ4v) is 4.86. The molecule has 0 spiro atoms. The first-order valence-electron chi connectivity index (χ1n) is 8.45. The van der Waals surface area contributed by atoms with E-state index in [-0.39, 0.29) is 18.9 Å². The van der Waals surface area contributed by atoms with Crippen LogP contribution in [-0.4, -0.2) is 45.7 Å². The van der Waals surface area contributed by atoms with Crippen LogP contribution in [0.5, 0.6) is 0 Å². The molecule has 144 valence electrons. The lowest BCUT2D eigenvalue weighted by Crippen LogP contribution is -2.46. The Morgan fingerprint density at radius 2 is 1.96 bits per heavy atom. The van der Waals surface area contributed by atoms with Crippen molar-refractivity contribution in [2.24, 2.45) is 20.0 Å². The molecule has 2 aromatic rings. The van der Waals surface area contributed by atoms with Crippen LogP contribution in [0.15, 0.2) is 45.1 Å². The summed E-state index contributed by atoms with van der Waals surface area (Å²) in [5, 5.41) is 0. The number of piperidine rings is 1. The van der Waals surface area contributed by atoms with E-state index < -0.39 is 32.1 Å². The van der Waals surface area contributed by atoms with E-state index in [4.69, 9.17) is 0 Å². The monoisotopic (exact) mass is 392 g/mol. The lowest BCUT2D eigenvalue weighted by atomic mass is 9.93. The van der Waals surface area contributed by atoms with Crippen molar-refractivity contribution in [3.8, 4) is 0 Å². The maximum atomic E-state index is 13.0. The Kier molecular flexibility index (Phi) is 5.11. The second kappa shape index (κ2) is 7.20. The summed E-state index contributed by atoms with van der Waals surface area (Å²) in [5.74, 6) is -0.747. The minimum Gasteiger partial charge on any atom is -0.302 e. The number of aryl methyl sites for hydroxylation is 1. The predicted octanol–water partition coefficient (Wildman–Crippen LogP) is -0.237. The maximum absolute atomic E-state index is 13.0. The molecule has 1 atom stereocenters. The van der Waals surface area contributed by atoms with Crippen LogP contribution in [0.25, 0.3) is 0 Å². The van der Waals surface area contributed by atoms with Gasteiger partial charge in [-0.3, -0.25) is 19.1 Å². The normalized spacial score (nSPS) is 18.4. The molecule has 1 aliphatic rings. The SMILES string of the molecule is Cn1cc(S(=O)(=O)N2CCCC(C(=O)c3ccccn3)C2)c(=O)n(C)c1=O. The Morgan fingerprint density at radius 3 is 2.63 bits per heavy atom. The highest BCUT2D eigenvalue weighted by Crippen LogP contribution is 2.24. The van der Waals surface area contributed by atoms with Gasteiger partial charge in [-0.25, -0.2) is 13.2 Å². The van der Waals surface area contributed by atoms with Crippen molar-refractivity contribution in [1.82, 2.24) is 18.4 Å². The Bertz CT molecular complexity index is 1090. The molecule has 0 N–H and O–H groups in total. The lowest BCUT2D eigenvalue weighted by Gasteiger charge is -2.30. The van der Waals surface area contributed by atoms with Gasteiger partial charge in [-0.05, 0) is 25.0 Å². The summed E-state index contributed by atoms with van der Waals surface area (Å²) in [5.41, 5.74) is -1.20. The molecule has 1 saturated heterocycles. The topological polar surface area (TPSA) is 111 Å². The highest BCUT2D eigenvalue weighted by atomic mass is 32.2. The van der Waals surface area contributed by atoms with Crippen molar-refractivity contribution in [2.45, 2.75) is 17.7 Å². The average molecular weight is 392 g/mol. The Labute approximate surface area is 155 Å². The van der Waals surface area contributed by atoms with Crippen LogP contribution in [-0.2, 0) is 24.1 Å². The van der Waals surface area contributed by atoms with Crippen LogP contribution < -0.4 is 11.2 Å². The number of pyridine rings is 1. The summed E-state index contributed by atoms with van der Waals surface area (Å²) in [4.78, 5) is 40.3. The molecule has 3 rings (SSSR count). The summed E-state index contributed by atoms with van der Waals surface area (Å²) in [7, 11) is -1.53. The number of rotatable bonds is 4. The number of carbonyl (C=O) groups excluding carboxylic acids is 1. The van der Waals surface area contributed by atoms with Crippen LogP contribution in [0.2, 0.25) is 0 Å². The zero-order chi connectivity index (χ0) is 19.8. The van der Waals surface area contributed by atoms with Crippen molar-refractivity contribution < 1.29 is 13.2 Å². The van der Waals surface area contributed by atoms with Crippen molar-refractivity contribution in [2.75, 3.05) is 13.1 Å². The molecule has 9 nitrogen and oxygen atoms in total. The number of ketones is 1. The summed E-state index contributed by atoms with van der Waals surface area (Å²) in [6, 6.07) is 4.99. The number of aromatic nitrogens is 3. The molecule has 1 fully saturated rings. The predicted molar refractivity (Wildman–Crippen MR) is 97.0 cm³/mol. The molecule has 0 aliphatic carbocycles. The molecular weight excluding hydrogens is 372 g/mol. The van der Waals surface area contributed by atoms with Crippen molar-refractivity contribution >= 4 is 15.8 Å². The van der Waals surface area contributed by atoms with Gasteiger partial charge in [0.2, 0.25) is 10.0 Å². The molecule has 0 amide bonds. The van der Waals surface area contributed by atoms with Gasteiger partial charge < -0.3 is 4.57 Å². The zero-order valence-electron chi connectivity index (χ0n) is 15.0. The highest BCUT2D eigenvalue weighted by molar-refractivity contribution is 7.89. The number of hydrogen-bond acceptors (Lipinski definition) is 6. The van der Waals surface area contributed by atoms with E-state index in [0.29, 0.717) is 18.5 Å². The number of hydrogen-bond donors (Lipinski definition) is 0. The van der Waals surface area contributed by atoms with Gasteiger partial charge in [0.15, 0.2) is 10.7 Å². The second-order valence-corrected chi connectivity index (χ2v) is 8.44. The molecule has 0 aromatic carbocycles. The van der Waals surface area contributed by atoms with Gasteiger partial charge in [-0.1, -0.05) is 6.07 Å². The number of carbonyl (C=O) groups is 1. The Morgan fingerprint density at radius 1 is 1.22 bits per heavy atom. The average Bonchev–Trinajstić information content (AvgIpc) is 2.69. The molecule has 0 bridgehead atoms. The summed E-state index contributed by atoms with van der Waals surface area (Å²) >= 11 is 0. The van der Waals surface area contributed by atoms with Gasteiger partial charge >= 0.3 is 5.69 Å². The second-order valence-electron chi connectivity index (χ2n) is 6.53. The molecule has 2 aromatic heterocycles. The van der Waals surface area contributed by atoms with Gasteiger partial charge in [0.1, 0.15) is 5.69 Å². The van der Waals surface area contributed by atoms with E-state index in [2.05, 4.69) is 4.98 Å². The van der Waals surface area contributed by atoms with E-state index in [1.165, 1.54) is 20.3 Å². The molecule has 27 heavy (non-hydrogen) atoms. The maximum Gasteiger partial charge on any atom is 0.330 e. The van der Waals surface area contributed by atoms with Crippen LogP contribution in [0.4, 0.5) is 0 Å². The number of nitrogens with zero attached hydrogens (tertiary/aromatic N) is 4. The summed E-state index contributed by atoms with van der Waals surface area (Å²) in [6.07, 6.45) is 3.59. The summed E-state index contributed by atoms with van der Waals surface area (Å²) < 4.78 is 28.9. The molecule has 0 saturated carbocycles. The first-order valence-corrected chi connectivity index (χ1v) is 9.89. The zero-order valence-corrected chi connectivity index (χ0v) is 15.8. The van der Waals surface area contributed by atoms with Crippen LogP contribution >= 0.6 is 0 Å². The minimum atomic E-state index is -4.14. The highest BCUT2D eigenvalue weighted by Gasteiger charge is 2.35. The molecule has 1 unspecified atom stereocenters. The van der Waals surface area contributed by atoms with Gasteiger partial charge in [0.25, 0.3) is 5.56 Å². The van der Waals surface area contributed by atoms with E-state index in [1.807, 2.05) is 0 Å². The minimum absolute atomic E-state index is 0.0241. The third-order valence-corrected chi connectivity index (χ3v) is 6.55. The number of sulfonamides is 1. The smallest absolute Gasteiger partial charge is 0.302 e. The standard InChI is InChI=1S/C17H20N4O5S/c1-19-11-14(16(23)20(2)17(19)24)27(25,26)21-9-5-6-12(10-21)15(22)13-7-3-4-8-18-13/h3-4,7-8,11-12H,5-6,9-10H2,1-2H3. The molecule has 0 radical (unpaired) electrons. The van der Waals surface area contributed by atoms with Gasteiger partial charge in [-0.2, -0.15) is 4.31 Å². The van der Waals surface area contributed by atoms with E-state index in [9.17, 15) is 22.8 Å². The van der Waals surface area contributed by atoms with Gasteiger partial charge in [0.05, 0.1) is 0 Å². The fraction of sp³-hybridized carbons (Fsp3) is 0.412. The van der Waals surface area contributed by atoms with Crippen molar-refractivity contribution in [1.29, 1.82) is 0 Å². The summed E-state index contributed by atoms with van der Waals surface area (Å²) in [6.45, 7) is 0.185. The Hall–Kier alpha value is -2.59. The first-order chi connectivity index (χ1) is 12.7. The fourth-order valence-electron chi connectivity index (χ4n) is 3.18. The number of Topliss-reactive ketones (excluding diaryl/α,β-unsaturated/α-hetero) is 1.